The number of hydrogen-bond acceptors (Lipinski definition) is 2. The third-order valence-corrected chi connectivity index (χ3v) is 2.50. The van der Waals surface area contributed by atoms with Crippen molar-refractivity contribution >= 4 is 33.4 Å². The number of rotatable bonds is 6. The van der Waals surface area contributed by atoms with E-state index in [0.717, 1.165) is 10.2 Å². The lowest BCUT2D eigenvalue weighted by atomic mass is 10.3. The highest BCUT2D eigenvalue weighted by Gasteiger charge is 2.02. The number of hydrogen-bond donors (Lipinski definition) is 1. The molecule has 0 saturated carbocycles. The van der Waals surface area contributed by atoms with Gasteiger partial charge >= 0.3 is 0 Å². The first-order valence-electron chi connectivity index (χ1n) is 5.06. The first kappa shape index (κ1) is 14.1. The Morgan fingerprint density at radius 3 is 2.94 bits per heavy atom. The van der Waals surface area contributed by atoms with Crippen LogP contribution in [0.25, 0.3) is 0 Å². The van der Waals surface area contributed by atoms with Gasteiger partial charge in [-0.05, 0) is 18.2 Å². The molecule has 3 nitrogen and oxygen atoms in total. The van der Waals surface area contributed by atoms with Crippen molar-refractivity contribution in [2.24, 2.45) is 0 Å². The van der Waals surface area contributed by atoms with Crippen LogP contribution in [0.3, 0.4) is 0 Å². The van der Waals surface area contributed by atoms with E-state index in [1.54, 1.807) is 0 Å². The van der Waals surface area contributed by atoms with E-state index in [9.17, 15) is 4.79 Å². The zero-order chi connectivity index (χ0) is 12.7. The van der Waals surface area contributed by atoms with Crippen molar-refractivity contribution in [3.8, 4) is 5.75 Å². The van der Waals surface area contributed by atoms with Crippen molar-refractivity contribution in [1.29, 1.82) is 0 Å². The van der Waals surface area contributed by atoms with Crippen molar-refractivity contribution in [2.75, 3.05) is 13.2 Å². The number of ether oxygens (including phenoxy) is 1. The van der Waals surface area contributed by atoms with Gasteiger partial charge in [0.2, 0.25) is 5.91 Å². The Hall–Kier alpha value is -1.000. The summed E-state index contributed by atoms with van der Waals surface area (Å²) in [6.07, 6.45) is 0.288. The maximum Gasteiger partial charge on any atom is 0.223 e. The number of halogens is 2. The molecular weight excluding hydrogens is 305 g/mol. The van der Waals surface area contributed by atoms with E-state index in [2.05, 4.69) is 27.8 Å². The molecule has 0 aliphatic heterocycles. The van der Waals surface area contributed by atoms with E-state index in [-0.39, 0.29) is 18.9 Å². The minimum absolute atomic E-state index is 0.109. The van der Waals surface area contributed by atoms with E-state index < -0.39 is 0 Å². The zero-order valence-corrected chi connectivity index (χ0v) is 11.6. The summed E-state index contributed by atoms with van der Waals surface area (Å²) in [5, 5.41) is 3.03. The van der Waals surface area contributed by atoms with E-state index in [0.29, 0.717) is 11.6 Å². The lowest BCUT2D eigenvalue weighted by Gasteiger charge is -2.07. The summed E-state index contributed by atoms with van der Waals surface area (Å²) in [4.78, 5) is 11.3. The summed E-state index contributed by atoms with van der Waals surface area (Å²) in [7, 11) is 0. The Morgan fingerprint density at radius 2 is 2.29 bits per heavy atom. The molecule has 1 amide bonds. The maximum atomic E-state index is 11.3. The zero-order valence-electron chi connectivity index (χ0n) is 9.21. The molecule has 0 bridgehead atoms. The molecule has 5 heteroatoms. The first-order valence-corrected chi connectivity index (χ1v) is 6.23. The summed E-state index contributed by atoms with van der Waals surface area (Å²) in [5.74, 6) is 0.621. The third-order valence-electron chi connectivity index (χ3n) is 1.87. The maximum absolute atomic E-state index is 11.3. The van der Waals surface area contributed by atoms with Gasteiger partial charge in [-0.15, -0.1) is 0 Å². The van der Waals surface area contributed by atoms with Crippen molar-refractivity contribution in [2.45, 2.75) is 6.42 Å². The number of carbonyl (C=O) groups excluding carboxylic acids is 1. The lowest BCUT2D eigenvalue weighted by Crippen LogP contribution is -2.25. The lowest BCUT2D eigenvalue weighted by molar-refractivity contribution is -0.121. The molecule has 0 aliphatic rings. The predicted molar refractivity (Wildman–Crippen MR) is 72.3 cm³/mol. The molecule has 0 heterocycles. The molecule has 0 atom stereocenters. The van der Waals surface area contributed by atoms with Crippen LogP contribution in [0.4, 0.5) is 0 Å². The molecule has 1 rings (SSSR count). The predicted octanol–water partition coefficient (Wildman–Crippen LogP) is 3.09. The van der Waals surface area contributed by atoms with Crippen molar-refractivity contribution in [1.82, 2.24) is 5.32 Å². The van der Waals surface area contributed by atoms with Gasteiger partial charge in [-0.25, -0.2) is 0 Å². The molecular formula is C12H13BrClNO2. The molecule has 0 aliphatic carbocycles. The summed E-state index contributed by atoms with van der Waals surface area (Å²) in [6, 6.07) is 7.46. The fourth-order valence-corrected chi connectivity index (χ4v) is 1.55. The van der Waals surface area contributed by atoms with Crippen molar-refractivity contribution in [3.05, 3.63) is 40.3 Å². The molecule has 0 aromatic heterocycles. The largest absolute Gasteiger partial charge is 0.493 e. The second-order valence-electron chi connectivity index (χ2n) is 3.35. The van der Waals surface area contributed by atoms with Gasteiger partial charge in [0, 0.05) is 9.51 Å². The summed E-state index contributed by atoms with van der Waals surface area (Å²) in [6.45, 7) is 4.10. The van der Waals surface area contributed by atoms with Gasteiger partial charge in [-0.2, -0.15) is 0 Å². The highest BCUT2D eigenvalue weighted by molar-refractivity contribution is 9.10. The van der Waals surface area contributed by atoms with Crippen LogP contribution in [0.1, 0.15) is 6.42 Å². The van der Waals surface area contributed by atoms with Crippen molar-refractivity contribution < 1.29 is 9.53 Å². The minimum Gasteiger partial charge on any atom is -0.493 e. The summed E-state index contributed by atoms with van der Waals surface area (Å²) >= 11 is 8.86. The number of amides is 1. The van der Waals surface area contributed by atoms with Gasteiger partial charge in [-0.1, -0.05) is 40.2 Å². The minimum atomic E-state index is -0.109. The molecule has 0 fully saturated rings. The smallest absolute Gasteiger partial charge is 0.223 e. The van der Waals surface area contributed by atoms with Crippen LogP contribution in [-0.4, -0.2) is 19.1 Å². The van der Waals surface area contributed by atoms with Gasteiger partial charge in [0.1, 0.15) is 5.75 Å². The second kappa shape index (κ2) is 7.35. The van der Waals surface area contributed by atoms with Crippen LogP contribution < -0.4 is 10.1 Å². The Morgan fingerprint density at radius 1 is 1.53 bits per heavy atom. The molecule has 0 saturated heterocycles. The van der Waals surface area contributed by atoms with Gasteiger partial charge in [0.25, 0.3) is 0 Å². The third kappa shape index (κ3) is 6.34. The molecule has 1 N–H and O–H groups in total. The molecule has 0 radical (unpaired) electrons. The molecule has 0 spiro atoms. The molecule has 92 valence electrons. The van der Waals surface area contributed by atoms with E-state index in [4.69, 9.17) is 16.3 Å². The molecule has 1 aromatic carbocycles. The number of nitrogens with one attached hydrogen (secondary N) is 1. The van der Waals surface area contributed by atoms with Crippen LogP contribution in [-0.2, 0) is 4.79 Å². The number of benzene rings is 1. The quantitative estimate of drug-likeness (QED) is 0.875. The number of carbonyl (C=O) groups is 1. The Balaban J connectivity index is 2.23. The van der Waals surface area contributed by atoms with Gasteiger partial charge in [-0.3, -0.25) is 4.79 Å². The average molecular weight is 319 g/mol. The fourth-order valence-electron chi connectivity index (χ4n) is 1.10. The molecule has 1 aromatic rings. The van der Waals surface area contributed by atoms with Gasteiger partial charge < -0.3 is 10.1 Å². The summed E-state index contributed by atoms with van der Waals surface area (Å²) < 4.78 is 6.36. The van der Waals surface area contributed by atoms with Crippen LogP contribution >= 0.6 is 27.5 Å². The second-order valence-corrected chi connectivity index (χ2v) is 4.80. The van der Waals surface area contributed by atoms with E-state index >= 15 is 0 Å². The van der Waals surface area contributed by atoms with Crippen LogP contribution in [0.2, 0.25) is 0 Å². The van der Waals surface area contributed by atoms with E-state index in [1.165, 1.54) is 0 Å². The van der Waals surface area contributed by atoms with Crippen LogP contribution in [0.15, 0.2) is 40.3 Å². The van der Waals surface area contributed by atoms with Gasteiger partial charge in [0.15, 0.2) is 0 Å². The molecule has 17 heavy (non-hydrogen) atoms. The van der Waals surface area contributed by atoms with Crippen LogP contribution in [0, 0.1) is 0 Å². The highest BCUT2D eigenvalue weighted by Crippen LogP contribution is 2.17. The Labute approximate surface area is 114 Å². The molecule has 0 unspecified atom stereocenters. The first-order chi connectivity index (χ1) is 8.08. The van der Waals surface area contributed by atoms with E-state index in [1.807, 2.05) is 24.3 Å². The monoisotopic (exact) mass is 317 g/mol. The SMILES string of the molecule is C=C(Cl)CNC(=O)CCOc1cccc(Br)c1. The Bertz CT molecular complexity index is 409. The average Bonchev–Trinajstić information content (AvgIpc) is 2.26. The highest BCUT2D eigenvalue weighted by atomic mass is 79.9. The summed E-state index contributed by atoms with van der Waals surface area (Å²) in [5.41, 5.74) is 0. The fraction of sp³-hybridized carbons (Fsp3) is 0.250. The van der Waals surface area contributed by atoms with Crippen molar-refractivity contribution in [3.63, 3.8) is 0 Å². The van der Waals surface area contributed by atoms with Gasteiger partial charge in [0.05, 0.1) is 19.6 Å². The normalized spacial score (nSPS) is 9.76. The van der Waals surface area contributed by atoms with Crippen LogP contribution in [0.5, 0.6) is 5.75 Å². The topological polar surface area (TPSA) is 38.3 Å². The Kier molecular flexibility index (Phi) is 6.08. The standard InChI is InChI=1S/C12H13BrClNO2/c1-9(14)8-15-12(16)5-6-17-11-4-2-3-10(13)7-11/h2-4,7H,1,5-6,8H2,(H,15,16).